The zero-order valence-corrected chi connectivity index (χ0v) is 13.6. The number of rotatable bonds is 7. The second-order valence-corrected chi connectivity index (χ2v) is 5.57. The fourth-order valence-corrected chi connectivity index (χ4v) is 2.74. The second-order valence-electron chi connectivity index (χ2n) is 5.57. The molecule has 118 valence electrons. The molecule has 0 spiro atoms. The molecular formula is C16H28N4O. The van der Waals surface area contributed by atoms with Gasteiger partial charge in [0, 0.05) is 52.6 Å². The Morgan fingerprint density at radius 2 is 2.05 bits per heavy atom. The number of hydrogen-bond acceptors (Lipinski definition) is 5. The Morgan fingerprint density at radius 3 is 2.67 bits per heavy atom. The highest BCUT2D eigenvalue weighted by molar-refractivity contribution is 5.47. The van der Waals surface area contributed by atoms with E-state index in [0.29, 0.717) is 0 Å². The number of anilines is 1. The summed E-state index contributed by atoms with van der Waals surface area (Å²) in [4.78, 5) is 9.58. The number of nitrogens with zero attached hydrogens (tertiary/aromatic N) is 3. The maximum atomic E-state index is 5.03. The average molecular weight is 292 g/mol. The summed E-state index contributed by atoms with van der Waals surface area (Å²) in [5.74, 6) is 1.14. The number of pyridine rings is 1. The van der Waals surface area contributed by atoms with Crippen LogP contribution in [-0.4, -0.2) is 62.9 Å². The summed E-state index contributed by atoms with van der Waals surface area (Å²) in [6.45, 7) is 12.4. The Hall–Kier alpha value is -1.17. The van der Waals surface area contributed by atoms with Gasteiger partial charge < -0.3 is 19.9 Å². The lowest BCUT2D eigenvalue weighted by Crippen LogP contribution is -2.46. The minimum absolute atomic E-state index is 0.742. The molecule has 21 heavy (non-hydrogen) atoms. The molecule has 0 unspecified atom stereocenters. The monoisotopic (exact) mass is 292 g/mol. The molecule has 2 rings (SSSR count). The van der Waals surface area contributed by atoms with Crippen molar-refractivity contribution in [1.29, 1.82) is 0 Å². The van der Waals surface area contributed by atoms with Gasteiger partial charge in [-0.05, 0) is 30.7 Å². The van der Waals surface area contributed by atoms with E-state index in [1.807, 2.05) is 6.20 Å². The van der Waals surface area contributed by atoms with Crippen molar-refractivity contribution in [2.75, 3.05) is 57.9 Å². The van der Waals surface area contributed by atoms with Crippen LogP contribution in [0.25, 0.3) is 0 Å². The standard InChI is InChI=1S/C16H28N4O/c1-4-19-6-8-20(9-7-19)16-14(2)11-15(13-18-16)12-17-5-10-21-3/h11,13,17H,4-10,12H2,1-3H3. The van der Waals surface area contributed by atoms with Gasteiger partial charge in [-0.25, -0.2) is 4.98 Å². The van der Waals surface area contributed by atoms with Gasteiger partial charge in [-0.3, -0.25) is 0 Å². The quantitative estimate of drug-likeness (QED) is 0.767. The summed E-state index contributed by atoms with van der Waals surface area (Å²) >= 11 is 0. The Kier molecular flexibility index (Phi) is 6.42. The lowest BCUT2D eigenvalue weighted by atomic mass is 10.2. The van der Waals surface area contributed by atoms with Crippen LogP contribution in [0.15, 0.2) is 12.3 Å². The van der Waals surface area contributed by atoms with Crippen LogP contribution in [0.2, 0.25) is 0 Å². The Labute approximate surface area is 128 Å². The molecule has 5 heteroatoms. The first-order valence-corrected chi connectivity index (χ1v) is 7.87. The highest BCUT2D eigenvalue weighted by Gasteiger charge is 2.18. The summed E-state index contributed by atoms with van der Waals surface area (Å²) < 4.78 is 5.03. The van der Waals surface area contributed by atoms with Gasteiger partial charge in [-0.1, -0.05) is 6.92 Å². The summed E-state index contributed by atoms with van der Waals surface area (Å²) in [5.41, 5.74) is 2.51. The van der Waals surface area contributed by atoms with Gasteiger partial charge in [0.1, 0.15) is 5.82 Å². The number of ether oxygens (including phenoxy) is 1. The smallest absolute Gasteiger partial charge is 0.131 e. The number of methoxy groups -OCH3 is 1. The van der Waals surface area contributed by atoms with Crippen LogP contribution in [0.3, 0.4) is 0 Å². The molecule has 2 heterocycles. The molecule has 0 amide bonds. The largest absolute Gasteiger partial charge is 0.383 e. The van der Waals surface area contributed by atoms with Gasteiger partial charge in [-0.2, -0.15) is 0 Å². The molecule has 1 aromatic rings. The van der Waals surface area contributed by atoms with Crippen LogP contribution in [0.4, 0.5) is 5.82 Å². The van der Waals surface area contributed by atoms with Gasteiger partial charge in [0.15, 0.2) is 0 Å². The van der Waals surface area contributed by atoms with Crippen molar-refractivity contribution in [3.8, 4) is 0 Å². The first-order chi connectivity index (χ1) is 10.2. The molecule has 0 bridgehead atoms. The van der Waals surface area contributed by atoms with Gasteiger partial charge in [0.25, 0.3) is 0 Å². The molecule has 1 N–H and O–H groups in total. The second kappa shape index (κ2) is 8.32. The van der Waals surface area contributed by atoms with E-state index in [2.05, 4.69) is 40.0 Å². The van der Waals surface area contributed by atoms with Gasteiger partial charge in [-0.15, -0.1) is 0 Å². The number of nitrogens with one attached hydrogen (secondary N) is 1. The van der Waals surface area contributed by atoms with E-state index in [1.54, 1.807) is 7.11 Å². The third-order valence-corrected chi connectivity index (χ3v) is 4.04. The fraction of sp³-hybridized carbons (Fsp3) is 0.688. The van der Waals surface area contributed by atoms with Crippen LogP contribution >= 0.6 is 0 Å². The van der Waals surface area contributed by atoms with E-state index in [-0.39, 0.29) is 0 Å². The van der Waals surface area contributed by atoms with Crippen molar-refractivity contribution in [1.82, 2.24) is 15.2 Å². The lowest BCUT2D eigenvalue weighted by Gasteiger charge is -2.35. The highest BCUT2D eigenvalue weighted by atomic mass is 16.5. The van der Waals surface area contributed by atoms with Crippen LogP contribution in [0, 0.1) is 6.92 Å². The topological polar surface area (TPSA) is 40.6 Å². The van der Waals surface area contributed by atoms with E-state index >= 15 is 0 Å². The molecule has 1 saturated heterocycles. The van der Waals surface area contributed by atoms with Crippen molar-refractivity contribution in [2.45, 2.75) is 20.4 Å². The minimum atomic E-state index is 0.742. The minimum Gasteiger partial charge on any atom is -0.383 e. The molecule has 1 aromatic heterocycles. The number of piperazine rings is 1. The van der Waals surface area contributed by atoms with Crippen molar-refractivity contribution in [3.05, 3.63) is 23.4 Å². The number of hydrogen-bond donors (Lipinski definition) is 1. The maximum absolute atomic E-state index is 5.03. The molecule has 1 aliphatic rings. The average Bonchev–Trinajstić information content (AvgIpc) is 2.52. The van der Waals surface area contributed by atoms with Crippen molar-refractivity contribution < 1.29 is 4.74 Å². The number of aryl methyl sites for hydroxylation is 1. The van der Waals surface area contributed by atoms with E-state index < -0.39 is 0 Å². The normalized spacial score (nSPS) is 16.4. The summed E-state index contributed by atoms with van der Waals surface area (Å²) in [6, 6.07) is 2.24. The molecule has 1 aliphatic heterocycles. The van der Waals surface area contributed by atoms with Crippen LogP contribution in [-0.2, 0) is 11.3 Å². The summed E-state index contributed by atoms with van der Waals surface area (Å²) in [7, 11) is 1.72. The lowest BCUT2D eigenvalue weighted by molar-refractivity contribution is 0.199. The van der Waals surface area contributed by atoms with Gasteiger partial charge in [0.2, 0.25) is 0 Å². The molecule has 0 aliphatic carbocycles. The van der Waals surface area contributed by atoms with E-state index in [1.165, 1.54) is 11.1 Å². The van der Waals surface area contributed by atoms with Gasteiger partial charge >= 0.3 is 0 Å². The highest BCUT2D eigenvalue weighted by Crippen LogP contribution is 2.19. The SMILES string of the molecule is CCN1CCN(c2ncc(CNCCOC)cc2C)CC1. The Morgan fingerprint density at radius 1 is 1.29 bits per heavy atom. The molecule has 0 saturated carbocycles. The molecule has 0 aromatic carbocycles. The third kappa shape index (κ3) is 4.66. The van der Waals surface area contributed by atoms with E-state index in [0.717, 1.165) is 58.2 Å². The van der Waals surface area contributed by atoms with Crippen molar-refractivity contribution in [2.24, 2.45) is 0 Å². The number of aromatic nitrogens is 1. The predicted molar refractivity (Wildman–Crippen MR) is 86.9 cm³/mol. The third-order valence-electron chi connectivity index (χ3n) is 4.04. The Bertz CT molecular complexity index is 430. The Balaban J connectivity index is 1.90. The van der Waals surface area contributed by atoms with E-state index in [9.17, 15) is 0 Å². The van der Waals surface area contributed by atoms with Crippen molar-refractivity contribution in [3.63, 3.8) is 0 Å². The maximum Gasteiger partial charge on any atom is 0.131 e. The zero-order valence-electron chi connectivity index (χ0n) is 13.6. The zero-order chi connectivity index (χ0) is 15.1. The first kappa shape index (κ1) is 16.2. The predicted octanol–water partition coefficient (Wildman–Crippen LogP) is 1.27. The molecule has 0 atom stereocenters. The fourth-order valence-electron chi connectivity index (χ4n) is 2.74. The molecular weight excluding hydrogens is 264 g/mol. The summed E-state index contributed by atoms with van der Waals surface area (Å²) in [5, 5.41) is 3.36. The summed E-state index contributed by atoms with van der Waals surface area (Å²) in [6.07, 6.45) is 1.99. The van der Waals surface area contributed by atoms with Crippen molar-refractivity contribution >= 4 is 5.82 Å². The molecule has 5 nitrogen and oxygen atoms in total. The van der Waals surface area contributed by atoms with E-state index in [4.69, 9.17) is 4.74 Å². The first-order valence-electron chi connectivity index (χ1n) is 7.87. The molecule has 1 fully saturated rings. The van der Waals surface area contributed by atoms with Gasteiger partial charge in [0.05, 0.1) is 6.61 Å². The number of likely N-dealkylation sites (N-methyl/N-ethyl adjacent to an activating group) is 1. The van der Waals surface area contributed by atoms with Crippen LogP contribution < -0.4 is 10.2 Å². The van der Waals surface area contributed by atoms with Crippen LogP contribution in [0.5, 0.6) is 0 Å². The molecule has 0 radical (unpaired) electrons. The van der Waals surface area contributed by atoms with Crippen LogP contribution in [0.1, 0.15) is 18.1 Å².